The minimum atomic E-state index is -0.226. The lowest BCUT2D eigenvalue weighted by Crippen LogP contribution is -3.09. The van der Waals surface area contributed by atoms with Gasteiger partial charge in [-0.25, -0.2) is 0 Å². The van der Waals surface area contributed by atoms with Crippen LogP contribution in [0.3, 0.4) is 0 Å². The summed E-state index contributed by atoms with van der Waals surface area (Å²) in [7, 11) is 1.96. The van der Waals surface area contributed by atoms with E-state index in [9.17, 15) is 4.79 Å². The molecule has 148 valence electrons. The van der Waals surface area contributed by atoms with E-state index < -0.39 is 0 Å². The largest absolute Gasteiger partial charge is 0.347 e. The number of carbonyl (C=O) groups is 1. The van der Waals surface area contributed by atoms with Crippen molar-refractivity contribution in [2.45, 2.75) is 52.7 Å². The zero-order chi connectivity index (χ0) is 20.2. The second kappa shape index (κ2) is 8.95. The van der Waals surface area contributed by atoms with Gasteiger partial charge in [0.1, 0.15) is 0 Å². The SMILES string of the molecule is CC(C)c1ccc(Nc2nn(C[NH+](C)CC(=O)NC(C)(C)C)c(=S)s2)cc1. The average molecular weight is 409 g/mol. The Morgan fingerprint density at radius 1 is 1.30 bits per heavy atom. The van der Waals surface area contributed by atoms with Crippen LogP contribution in [0, 0.1) is 3.95 Å². The Balaban J connectivity index is 1.97. The number of nitrogens with one attached hydrogen (secondary N) is 3. The van der Waals surface area contributed by atoms with Crippen LogP contribution in [0.4, 0.5) is 10.8 Å². The van der Waals surface area contributed by atoms with Crippen molar-refractivity contribution in [1.29, 1.82) is 0 Å². The number of amides is 1. The first kappa shape index (κ1) is 21.5. The Morgan fingerprint density at radius 3 is 2.48 bits per heavy atom. The topological polar surface area (TPSA) is 63.4 Å². The minimum Gasteiger partial charge on any atom is -0.347 e. The molecule has 2 rings (SSSR count). The van der Waals surface area contributed by atoms with E-state index in [2.05, 4.69) is 53.8 Å². The Hall–Kier alpha value is -1.77. The fourth-order valence-corrected chi connectivity index (χ4v) is 3.61. The van der Waals surface area contributed by atoms with Crippen molar-refractivity contribution in [3.63, 3.8) is 0 Å². The summed E-state index contributed by atoms with van der Waals surface area (Å²) in [5, 5.41) is 11.6. The maximum absolute atomic E-state index is 12.1. The number of anilines is 2. The number of likely N-dealkylation sites (N-methyl/N-ethyl adjacent to an activating group) is 1. The van der Waals surface area contributed by atoms with E-state index in [0.29, 0.717) is 23.1 Å². The van der Waals surface area contributed by atoms with Crippen molar-refractivity contribution in [3.05, 3.63) is 33.8 Å². The van der Waals surface area contributed by atoms with Gasteiger partial charge in [0.05, 0.1) is 7.05 Å². The summed E-state index contributed by atoms with van der Waals surface area (Å²) in [6.07, 6.45) is 0. The van der Waals surface area contributed by atoms with Crippen LogP contribution in [0.5, 0.6) is 0 Å². The van der Waals surface area contributed by atoms with E-state index in [1.165, 1.54) is 16.9 Å². The van der Waals surface area contributed by atoms with Crippen LogP contribution < -0.4 is 15.5 Å². The molecule has 3 N–H and O–H groups in total. The first-order valence-electron chi connectivity index (χ1n) is 9.11. The maximum atomic E-state index is 12.1. The fourth-order valence-electron chi connectivity index (χ4n) is 2.58. The normalized spacial score (nSPS) is 12.9. The van der Waals surface area contributed by atoms with Crippen LogP contribution in [0.1, 0.15) is 46.1 Å². The van der Waals surface area contributed by atoms with Crippen LogP contribution in [0.15, 0.2) is 24.3 Å². The number of rotatable bonds is 7. The molecule has 0 aliphatic heterocycles. The summed E-state index contributed by atoms with van der Waals surface area (Å²) in [6, 6.07) is 8.35. The van der Waals surface area contributed by atoms with E-state index >= 15 is 0 Å². The Bertz CT molecular complexity index is 818. The molecule has 0 saturated heterocycles. The zero-order valence-electron chi connectivity index (χ0n) is 16.9. The molecule has 1 atom stereocenters. The van der Waals surface area contributed by atoms with Crippen LogP contribution in [0.2, 0.25) is 0 Å². The quantitative estimate of drug-likeness (QED) is 0.617. The molecule has 1 aromatic carbocycles. The lowest BCUT2D eigenvalue weighted by Gasteiger charge is -2.21. The van der Waals surface area contributed by atoms with Gasteiger partial charge in [0, 0.05) is 11.2 Å². The second-order valence-electron chi connectivity index (χ2n) is 8.16. The highest BCUT2D eigenvalue weighted by Gasteiger charge is 2.18. The Morgan fingerprint density at radius 2 is 1.93 bits per heavy atom. The average Bonchev–Trinajstić information content (AvgIpc) is 2.85. The van der Waals surface area contributed by atoms with Gasteiger partial charge < -0.3 is 15.5 Å². The number of hydrogen-bond donors (Lipinski definition) is 3. The van der Waals surface area contributed by atoms with Gasteiger partial charge in [-0.15, -0.1) is 5.10 Å². The molecular weight excluding hydrogens is 378 g/mol. The van der Waals surface area contributed by atoms with E-state index in [0.717, 1.165) is 15.7 Å². The summed E-state index contributed by atoms with van der Waals surface area (Å²) in [5.74, 6) is 0.527. The van der Waals surface area contributed by atoms with Crippen molar-refractivity contribution in [2.24, 2.45) is 0 Å². The summed E-state index contributed by atoms with van der Waals surface area (Å²) < 4.78 is 2.46. The third kappa shape index (κ3) is 7.04. The predicted molar refractivity (Wildman–Crippen MR) is 114 cm³/mol. The van der Waals surface area contributed by atoms with Crippen molar-refractivity contribution in [3.8, 4) is 0 Å². The van der Waals surface area contributed by atoms with Gasteiger partial charge in [-0.2, -0.15) is 4.68 Å². The Kier molecular flexibility index (Phi) is 7.13. The zero-order valence-corrected chi connectivity index (χ0v) is 18.6. The molecule has 0 saturated carbocycles. The number of nitrogens with zero attached hydrogens (tertiary/aromatic N) is 2. The first-order chi connectivity index (χ1) is 12.5. The molecule has 1 amide bonds. The van der Waals surface area contributed by atoms with E-state index in [-0.39, 0.29) is 11.4 Å². The molecule has 2 aromatic rings. The Labute approximate surface area is 170 Å². The van der Waals surface area contributed by atoms with Gasteiger partial charge in [0.15, 0.2) is 17.2 Å². The molecular formula is C19H30N5OS2+. The van der Waals surface area contributed by atoms with Gasteiger partial charge in [-0.05, 0) is 56.6 Å². The van der Waals surface area contributed by atoms with Crippen molar-refractivity contribution >= 4 is 40.3 Å². The summed E-state index contributed by atoms with van der Waals surface area (Å²) in [4.78, 5) is 13.1. The second-order valence-corrected chi connectivity index (χ2v) is 9.79. The monoisotopic (exact) mass is 408 g/mol. The van der Waals surface area contributed by atoms with Gasteiger partial charge in [-0.1, -0.05) is 37.3 Å². The third-order valence-electron chi connectivity index (χ3n) is 3.83. The predicted octanol–water partition coefficient (Wildman–Crippen LogP) is 2.93. The van der Waals surface area contributed by atoms with Crippen LogP contribution in [-0.4, -0.2) is 34.8 Å². The highest BCUT2D eigenvalue weighted by molar-refractivity contribution is 7.73. The molecule has 1 heterocycles. The van der Waals surface area contributed by atoms with Gasteiger partial charge >= 0.3 is 0 Å². The van der Waals surface area contributed by atoms with Crippen molar-refractivity contribution in [1.82, 2.24) is 15.1 Å². The third-order valence-corrected chi connectivity index (χ3v) is 5.05. The molecule has 0 aliphatic rings. The van der Waals surface area contributed by atoms with E-state index in [1.54, 1.807) is 4.68 Å². The van der Waals surface area contributed by atoms with E-state index in [4.69, 9.17) is 12.2 Å². The molecule has 1 unspecified atom stereocenters. The number of quaternary nitrogens is 1. The van der Waals surface area contributed by atoms with Gasteiger partial charge in [0.2, 0.25) is 5.13 Å². The van der Waals surface area contributed by atoms with E-state index in [1.807, 2.05) is 27.8 Å². The summed E-state index contributed by atoms with van der Waals surface area (Å²) in [5.41, 5.74) is 2.06. The number of benzene rings is 1. The number of carbonyl (C=O) groups excluding carboxylic acids is 1. The molecule has 27 heavy (non-hydrogen) atoms. The lowest BCUT2D eigenvalue weighted by atomic mass is 10.0. The molecule has 0 fully saturated rings. The molecule has 6 nitrogen and oxygen atoms in total. The summed E-state index contributed by atoms with van der Waals surface area (Å²) in [6.45, 7) is 11.2. The van der Waals surface area contributed by atoms with Crippen LogP contribution in [-0.2, 0) is 11.5 Å². The standard InChI is InChI=1S/C19H29N5OS2/c1-13(2)14-7-9-15(10-8-14)20-17-22-24(18(26)27-17)12-23(6)11-16(25)21-19(3,4)5/h7-10,13H,11-12H2,1-6H3,(H,20,22)(H,21,25)/p+1. The smallest absolute Gasteiger partial charge is 0.275 e. The molecule has 8 heteroatoms. The highest BCUT2D eigenvalue weighted by Crippen LogP contribution is 2.22. The molecule has 1 aromatic heterocycles. The van der Waals surface area contributed by atoms with Gasteiger partial charge in [0.25, 0.3) is 5.91 Å². The molecule has 0 radical (unpaired) electrons. The molecule has 0 aliphatic carbocycles. The van der Waals surface area contributed by atoms with Crippen LogP contribution >= 0.6 is 23.6 Å². The van der Waals surface area contributed by atoms with Crippen molar-refractivity contribution < 1.29 is 9.69 Å². The number of aromatic nitrogens is 2. The van der Waals surface area contributed by atoms with Crippen molar-refractivity contribution in [2.75, 3.05) is 18.9 Å². The fraction of sp³-hybridized carbons (Fsp3) is 0.526. The van der Waals surface area contributed by atoms with Crippen LogP contribution in [0.25, 0.3) is 0 Å². The first-order valence-corrected chi connectivity index (χ1v) is 10.3. The van der Waals surface area contributed by atoms with Gasteiger partial charge in [-0.3, -0.25) is 4.79 Å². The highest BCUT2D eigenvalue weighted by atomic mass is 32.1. The summed E-state index contributed by atoms with van der Waals surface area (Å²) >= 11 is 6.86. The molecule has 0 bridgehead atoms. The lowest BCUT2D eigenvalue weighted by molar-refractivity contribution is -0.895. The minimum absolute atomic E-state index is 0.0188. The molecule has 0 spiro atoms. The maximum Gasteiger partial charge on any atom is 0.275 e. The number of hydrogen-bond acceptors (Lipinski definition) is 5.